The van der Waals surface area contributed by atoms with E-state index in [1.165, 1.54) is 7.11 Å². The van der Waals surface area contributed by atoms with Crippen LogP contribution in [0.4, 0.5) is 0 Å². The molecule has 2 rings (SSSR count). The molecule has 0 spiro atoms. The SMILES string of the molecule is COc1ccc(CC2C(=O)[C@@H](O)C(O)CC2C(=O)O)cc1. The summed E-state index contributed by atoms with van der Waals surface area (Å²) in [6, 6.07) is 6.96. The van der Waals surface area contributed by atoms with Crippen LogP contribution >= 0.6 is 0 Å². The molecule has 1 aromatic rings. The minimum Gasteiger partial charge on any atom is -0.497 e. The molecule has 0 bridgehead atoms. The maximum atomic E-state index is 12.1. The molecule has 1 aliphatic rings. The van der Waals surface area contributed by atoms with Crippen molar-refractivity contribution in [1.82, 2.24) is 0 Å². The zero-order chi connectivity index (χ0) is 15.6. The third-order valence-corrected chi connectivity index (χ3v) is 3.93. The van der Waals surface area contributed by atoms with Gasteiger partial charge in [-0.2, -0.15) is 0 Å². The summed E-state index contributed by atoms with van der Waals surface area (Å²) in [6.45, 7) is 0. The molecule has 0 heterocycles. The van der Waals surface area contributed by atoms with Gasteiger partial charge in [-0.05, 0) is 30.5 Å². The van der Waals surface area contributed by atoms with E-state index in [0.717, 1.165) is 5.56 Å². The van der Waals surface area contributed by atoms with Crippen molar-refractivity contribution in [2.45, 2.75) is 25.0 Å². The largest absolute Gasteiger partial charge is 0.497 e. The smallest absolute Gasteiger partial charge is 0.307 e. The number of carboxylic acid groups (broad SMARTS) is 1. The number of aliphatic carboxylic acids is 1. The molecule has 0 saturated heterocycles. The lowest BCUT2D eigenvalue weighted by molar-refractivity contribution is -0.159. The van der Waals surface area contributed by atoms with Crippen LogP contribution in [0.25, 0.3) is 0 Å². The lowest BCUT2D eigenvalue weighted by Gasteiger charge is -2.33. The highest BCUT2D eigenvalue weighted by atomic mass is 16.5. The number of methoxy groups -OCH3 is 1. The Morgan fingerprint density at radius 2 is 1.90 bits per heavy atom. The summed E-state index contributed by atoms with van der Waals surface area (Å²) < 4.78 is 5.04. The molecule has 6 nitrogen and oxygen atoms in total. The van der Waals surface area contributed by atoms with Gasteiger partial charge in [-0.3, -0.25) is 9.59 Å². The fourth-order valence-electron chi connectivity index (χ4n) is 2.69. The molecule has 0 amide bonds. The van der Waals surface area contributed by atoms with E-state index in [1.807, 2.05) is 0 Å². The first-order valence-electron chi connectivity index (χ1n) is 6.69. The van der Waals surface area contributed by atoms with Crippen LogP contribution in [0.3, 0.4) is 0 Å². The Morgan fingerprint density at radius 3 is 2.43 bits per heavy atom. The van der Waals surface area contributed by atoms with Gasteiger partial charge in [0.05, 0.1) is 19.1 Å². The summed E-state index contributed by atoms with van der Waals surface area (Å²) in [4.78, 5) is 23.4. The first kappa shape index (κ1) is 15.5. The van der Waals surface area contributed by atoms with Crippen LogP contribution in [0.1, 0.15) is 12.0 Å². The number of hydrogen-bond donors (Lipinski definition) is 3. The van der Waals surface area contributed by atoms with Crippen LogP contribution in [0.2, 0.25) is 0 Å². The van der Waals surface area contributed by atoms with E-state index < -0.39 is 35.8 Å². The normalized spacial score (nSPS) is 29.2. The minimum absolute atomic E-state index is 0.122. The summed E-state index contributed by atoms with van der Waals surface area (Å²) in [7, 11) is 1.54. The molecule has 21 heavy (non-hydrogen) atoms. The highest BCUT2D eigenvalue weighted by Gasteiger charge is 2.45. The van der Waals surface area contributed by atoms with Gasteiger partial charge >= 0.3 is 5.97 Å². The van der Waals surface area contributed by atoms with Crippen molar-refractivity contribution < 1.29 is 29.6 Å². The van der Waals surface area contributed by atoms with Crippen molar-refractivity contribution in [1.29, 1.82) is 0 Å². The van der Waals surface area contributed by atoms with Gasteiger partial charge in [-0.15, -0.1) is 0 Å². The number of ether oxygens (including phenoxy) is 1. The fourth-order valence-corrected chi connectivity index (χ4v) is 2.69. The number of benzene rings is 1. The average molecular weight is 294 g/mol. The molecule has 0 aromatic heterocycles. The van der Waals surface area contributed by atoms with E-state index in [-0.39, 0.29) is 12.8 Å². The molecule has 1 aliphatic carbocycles. The Labute approximate surface area is 122 Å². The van der Waals surface area contributed by atoms with E-state index in [0.29, 0.717) is 5.75 Å². The number of ketones is 1. The van der Waals surface area contributed by atoms with E-state index in [9.17, 15) is 24.9 Å². The van der Waals surface area contributed by atoms with Gasteiger partial charge in [0.15, 0.2) is 5.78 Å². The second-order valence-electron chi connectivity index (χ2n) is 5.25. The van der Waals surface area contributed by atoms with Gasteiger partial charge in [-0.25, -0.2) is 0 Å². The number of aliphatic hydroxyl groups is 2. The predicted octanol–water partition coefficient (Wildman–Crippen LogP) is 0.249. The molecule has 3 N–H and O–H groups in total. The van der Waals surface area contributed by atoms with E-state index in [2.05, 4.69) is 0 Å². The molecular weight excluding hydrogens is 276 g/mol. The van der Waals surface area contributed by atoms with Crippen molar-refractivity contribution >= 4 is 11.8 Å². The van der Waals surface area contributed by atoms with Gasteiger partial charge in [0.25, 0.3) is 0 Å². The van der Waals surface area contributed by atoms with Gasteiger partial charge < -0.3 is 20.1 Å². The lowest BCUT2D eigenvalue weighted by atomic mass is 9.73. The number of aliphatic hydroxyl groups excluding tert-OH is 2. The third-order valence-electron chi connectivity index (χ3n) is 3.93. The molecule has 6 heteroatoms. The molecule has 1 aromatic carbocycles. The summed E-state index contributed by atoms with van der Waals surface area (Å²) in [5.41, 5.74) is 0.781. The quantitative estimate of drug-likeness (QED) is 0.735. The molecule has 1 saturated carbocycles. The van der Waals surface area contributed by atoms with Gasteiger partial charge in [0.1, 0.15) is 11.9 Å². The van der Waals surface area contributed by atoms with Crippen LogP contribution in [0.5, 0.6) is 5.75 Å². The number of carbonyl (C=O) groups excluding carboxylic acids is 1. The van der Waals surface area contributed by atoms with E-state index in [4.69, 9.17) is 4.74 Å². The second-order valence-corrected chi connectivity index (χ2v) is 5.25. The van der Waals surface area contributed by atoms with Gasteiger partial charge in [0, 0.05) is 5.92 Å². The summed E-state index contributed by atoms with van der Waals surface area (Å²) in [6.07, 6.45) is -2.73. The van der Waals surface area contributed by atoms with Gasteiger partial charge in [0.2, 0.25) is 0 Å². The van der Waals surface area contributed by atoms with E-state index in [1.54, 1.807) is 24.3 Å². The second kappa shape index (κ2) is 6.24. The molecule has 114 valence electrons. The highest BCUT2D eigenvalue weighted by Crippen LogP contribution is 2.31. The molecule has 0 aliphatic heterocycles. The van der Waals surface area contributed by atoms with Crippen LogP contribution in [-0.4, -0.2) is 46.4 Å². The predicted molar refractivity (Wildman–Crippen MR) is 73.0 cm³/mol. The topological polar surface area (TPSA) is 104 Å². The van der Waals surface area contributed by atoms with Crippen LogP contribution < -0.4 is 4.74 Å². The zero-order valence-electron chi connectivity index (χ0n) is 11.6. The monoisotopic (exact) mass is 294 g/mol. The Morgan fingerprint density at radius 1 is 1.29 bits per heavy atom. The Hall–Kier alpha value is -1.92. The minimum atomic E-state index is -1.51. The maximum absolute atomic E-state index is 12.1. The van der Waals surface area contributed by atoms with E-state index >= 15 is 0 Å². The van der Waals surface area contributed by atoms with Gasteiger partial charge in [-0.1, -0.05) is 12.1 Å². The Balaban J connectivity index is 2.20. The Kier molecular flexibility index (Phi) is 4.59. The molecular formula is C15H18O6. The average Bonchev–Trinajstić information content (AvgIpc) is 2.48. The van der Waals surface area contributed by atoms with Crippen LogP contribution in [0.15, 0.2) is 24.3 Å². The lowest BCUT2D eigenvalue weighted by Crippen LogP contribution is -2.50. The van der Waals surface area contributed by atoms with Crippen LogP contribution in [0, 0.1) is 11.8 Å². The third kappa shape index (κ3) is 3.22. The zero-order valence-corrected chi connectivity index (χ0v) is 11.6. The van der Waals surface area contributed by atoms with Crippen molar-refractivity contribution in [2.75, 3.05) is 7.11 Å². The molecule has 0 radical (unpaired) electrons. The number of carboxylic acids is 1. The first-order valence-corrected chi connectivity index (χ1v) is 6.69. The standard InChI is InChI=1S/C15H18O6/c1-21-9-4-2-8(3-5-9)6-10-11(15(19)20)7-12(16)14(18)13(10)17/h2-5,10-12,14,16,18H,6-7H2,1H3,(H,19,20)/t10?,11?,12?,14-/m0/s1. The highest BCUT2D eigenvalue weighted by molar-refractivity contribution is 5.91. The van der Waals surface area contributed by atoms with Crippen molar-refractivity contribution in [2.24, 2.45) is 11.8 Å². The van der Waals surface area contributed by atoms with Crippen molar-refractivity contribution in [3.8, 4) is 5.75 Å². The number of rotatable bonds is 4. The number of carbonyl (C=O) groups is 2. The number of Topliss-reactive ketones (excluding diaryl/α,β-unsaturated/α-hetero) is 1. The molecule has 3 unspecified atom stereocenters. The van der Waals surface area contributed by atoms with Crippen molar-refractivity contribution in [3.63, 3.8) is 0 Å². The molecule has 4 atom stereocenters. The number of hydrogen-bond acceptors (Lipinski definition) is 5. The summed E-state index contributed by atoms with van der Waals surface area (Å²) in [5.74, 6) is -2.91. The van der Waals surface area contributed by atoms with Crippen LogP contribution in [-0.2, 0) is 16.0 Å². The van der Waals surface area contributed by atoms with Crippen molar-refractivity contribution in [3.05, 3.63) is 29.8 Å². The summed E-state index contributed by atoms with van der Waals surface area (Å²) in [5, 5.41) is 28.5. The Bertz CT molecular complexity index is 523. The molecule has 1 fully saturated rings. The first-order chi connectivity index (χ1) is 9.93. The summed E-state index contributed by atoms with van der Waals surface area (Å²) >= 11 is 0. The fraction of sp³-hybridized carbons (Fsp3) is 0.467. The maximum Gasteiger partial charge on any atom is 0.307 e.